The van der Waals surface area contributed by atoms with Crippen molar-refractivity contribution in [3.05, 3.63) is 23.8 Å². The van der Waals surface area contributed by atoms with Crippen LogP contribution < -0.4 is 11.5 Å². The summed E-state index contributed by atoms with van der Waals surface area (Å²) in [5.74, 6) is 1.04. The highest BCUT2D eigenvalue weighted by Crippen LogP contribution is 2.34. The van der Waals surface area contributed by atoms with Gasteiger partial charge >= 0.3 is 6.18 Å². The van der Waals surface area contributed by atoms with Gasteiger partial charge in [0.05, 0.1) is 5.56 Å². The highest BCUT2D eigenvalue weighted by Gasteiger charge is 2.32. The van der Waals surface area contributed by atoms with E-state index in [-0.39, 0.29) is 11.4 Å². The van der Waals surface area contributed by atoms with Gasteiger partial charge in [0.2, 0.25) is 0 Å². The number of anilines is 2. The van der Waals surface area contributed by atoms with Crippen molar-refractivity contribution in [3.8, 4) is 0 Å². The number of rotatable bonds is 0. The van der Waals surface area contributed by atoms with Crippen molar-refractivity contribution in [3.63, 3.8) is 0 Å². The highest BCUT2D eigenvalue weighted by molar-refractivity contribution is 5.56. The Balaban J connectivity index is 0.000000218. The van der Waals surface area contributed by atoms with E-state index in [0.717, 1.165) is 18.1 Å². The molecule has 1 aromatic carbocycles. The van der Waals surface area contributed by atoms with Crippen molar-refractivity contribution in [1.29, 1.82) is 0 Å². The molecular formula is C14H21F3N2. The van der Waals surface area contributed by atoms with Gasteiger partial charge in [-0.05, 0) is 24.1 Å². The average Bonchev–Trinajstić information content (AvgIpc) is 2.33. The SMILES string of the molecule is CC1CCCCC1.Nc1ccc(N)c(C(F)(F)F)c1. The molecular weight excluding hydrogens is 253 g/mol. The third-order valence-corrected chi connectivity index (χ3v) is 3.28. The van der Waals surface area contributed by atoms with Crippen LogP contribution in [0.25, 0.3) is 0 Å². The van der Waals surface area contributed by atoms with Crippen molar-refractivity contribution in [2.75, 3.05) is 11.5 Å². The topological polar surface area (TPSA) is 52.0 Å². The molecule has 0 heterocycles. The average molecular weight is 274 g/mol. The Morgan fingerprint density at radius 3 is 2.00 bits per heavy atom. The molecule has 0 amide bonds. The largest absolute Gasteiger partial charge is 0.418 e. The second-order valence-electron chi connectivity index (χ2n) is 5.09. The van der Waals surface area contributed by atoms with Gasteiger partial charge in [0.1, 0.15) is 0 Å². The van der Waals surface area contributed by atoms with Gasteiger partial charge in [0.25, 0.3) is 0 Å². The smallest absolute Gasteiger partial charge is 0.399 e. The van der Waals surface area contributed by atoms with Gasteiger partial charge in [-0.15, -0.1) is 0 Å². The lowest BCUT2D eigenvalue weighted by Crippen LogP contribution is -2.09. The number of nitrogens with two attached hydrogens (primary N) is 2. The quantitative estimate of drug-likeness (QED) is 0.686. The molecule has 108 valence electrons. The molecule has 1 aliphatic carbocycles. The van der Waals surface area contributed by atoms with Gasteiger partial charge in [0, 0.05) is 11.4 Å². The Morgan fingerprint density at radius 1 is 1.05 bits per heavy atom. The molecule has 19 heavy (non-hydrogen) atoms. The van der Waals surface area contributed by atoms with Crippen LogP contribution in [0, 0.1) is 5.92 Å². The number of halogens is 3. The summed E-state index contributed by atoms with van der Waals surface area (Å²) in [6, 6.07) is 3.28. The first kappa shape index (κ1) is 15.7. The Morgan fingerprint density at radius 2 is 1.63 bits per heavy atom. The van der Waals surface area contributed by atoms with Crippen molar-refractivity contribution in [2.45, 2.75) is 45.2 Å². The highest BCUT2D eigenvalue weighted by atomic mass is 19.4. The molecule has 0 unspecified atom stereocenters. The lowest BCUT2D eigenvalue weighted by atomic mass is 9.91. The molecule has 1 fully saturated rings. The van der Waals surface area contributed by atoms with E-state index in [9.17, 15) is 13.2 Å². The van der Waals surface area contributed by atoms with Crippen molar-refractivity contribution in [2.24, 2.45) is 5.92 Å². The maximum atomic E-state index is 12.1. The first-order valence-corrected chi connectivity index (χ1v) is 6.53. The summed E-state index contributed by atoms with van der Waals surface area (Å²) in [6.45, 7) is 2.36. The van der Waals surface area contributed by atoms with Crippen LogP contribution in [0.5, 0.6) is 0 Å². The maximum absolute atomic E-state index is 12.1. The zero-order valence-corrected chi connectivity index (χ0v) is 11.1. The van der Waals surface area contributed by atoms with Gasteiger partial charge < -0.3 is 11.5 Å². The first-order chi connectivity index (χ1) is 8.80. The summed E-state index contributed by atoms with van der Waals surface area (Å²) >= 11 is 0. The van der Waals surface area contributed by atoms with Crippen LogP contribution in [0.1, 0.15) is 44.6 Å². The van der Waals surface area contributed by atoms with E-state index in [2.05, 4.69) is 6.92 Å². The third-order valence-electron chi connectivity index (χ3n) is 3.28. The predicted molar refractivity (Wildman–Crippen MR) is 72.5 cm³/mol. The standard InChI is InChI=1S/C7H7F3N2.C7H14/c8-7(9,10)5-3-4(11)1-2-6(5)12;1-7-5-3-2-4-6-7/h1-3H,11-12H2;7H,2-6H2,1H3. The van der Waals surface area contributed by atoms with Gasteiger partial charge in [-0.3, -0.25) is 0 Å². The first-order valence-electron chi connectivity index (χ1n) is 6.53. The Bertz CT molecular complexity index is 396. The van der Waals surface area contributed by atoms with Crippen LogP contribution in [0.15, 0.2) is 18.2 Å². The summed E-state index contributed by atoms with van der Waals surface area (Å²) in [5.41, 5.74) is 9.13. The zero-order chi connectivity index (χ0) is 14.5. The minimum Gasteiger partial charge on any atom is -0.399 e. The van der Waals surface area contributed by atoms with Crippen molar-refractivity contribution < 1.29 is 13.2 Å². The fraction of sp³-hybridized carbons (Fsp3) is 0.571. The molecule has 0 aromatic heterocycles. The van der Waals surface area contributed by atoms with Crippen LogP contribution in [0.4, 0.5) is 24.5 Å². The second-order valence-corrected chi connectivity index (χ2v) is 5.09. The number of benzene rings is 1. The Labute approximate surface area is 112 Å². The van der Waals surface area contributed by atoms with Crippen LogP contribution in [0.2, 0.25) is 0 Å². The summed E-state index contributed by atoms with van der Waals surface area (Å²) in [5, 5.41) is 0. The van der Waals surface area contributed by atoms with Crippen LogP contribution in [-0.4, -0.2) is 0 Å². The normalized spacial score (nSPS) is 16.6. The third kappa shape index (κ3) is 5.41. The number of alkyl halides is 3. The Kier molecular flexibility index (Phi) is 5.51. The molecule has 0 atom stereocenters. The molecule has 0 spiro atoms. The molecule has 0 bridgehead atoms. The van der Waals surface area contributed by atoms with E-state index in [0.29, 0.717) is 0 Å². The summed E-state index contributed by atoms with van der Waals surface area (Å²) < 4.78 is 36.3. The molecule has 2 nitrogen and oxygen atoms in total. The van der Waals surface area contributed by atoms with Gasteiger partial charge in [-0.2, -0.15) is 13.2 Å². The fourth-order valence-electron chi connectivity index (χ4n) is 2.13. The van der Waals surface area contributed by atoms with Gasteiger partial charge in [0.15, 0.2) is 0 Å². The Hall–Kier alpha value is -1.39. The fourth-order valence-corrected chi connectivity index (χ4v) is 2.13. The molecule has 0 saturated heterocycles. The summed E-state index contributed by atoms with van der Waals surface area (Å²) in [6.07, 6.45) is 3.01. The minimum atomic E-state index is -4.43. The minimum absolute atomic E-state index is 0.0523. The van der Waals surface area contributed by atoms with Crippen LogP contribution >= 0.6 is 0 Å². The molecule has 1 aliphatic rings. The lowest BCUT2D eigenvalue weighted by Gasteiger charge is -2.15. The number of hydrogen-bond donors (Lipinski definition) is 2. The van der Waals surface area contributed by atoms with Gasteiger partial charge in [-0.1, -0.05) is 39.0 Å². The van der Waals surface area contributed by atoms with Crippen LogP contribution in [-0.2, 0) is 6.18 Å². The monoisotopic (exact) mass is 274 g/mol. The second kappa shape index (κ2) is 6.68. The molecule has 0 aliphatic heterocycles. The molecule has 1 aromatic rings. The summed E-state index contributed by atoms with van der Waals surface area (Å²) in [4.78, 5) is 0. The molecule has 4 N–H and O–H groups in total. The molecule has 5 heteroatoms. The summed E-state index contributed by atoms with van der Waals surface area (Å²) in [7, 11) is 0. The van der Waals surface area contributed by atoms with E-state index in [1.54, 1.807) is 0 Å². The van der Waals surface area contributed by atoms with Gasteiger partial charge in [-0.25, -0.2) is 0 Å². The maximum Gasteiger partial charge on any atom is 0.418 e. The molecule has 1 saturated carbocycles. The van der Waals surface area contributed by atoms with Crippen LogP contribution in [0.3, 0.4) is 0 Å². The molecule has 2 rings (SSSR count). The number of hydrogen-bond acceptors (Lipinski definition) is 2. The predicted octanol–water partition coefficient (Wildman–Crippen LogP) is 4.46. The van der Waals surface area contributed by atoms with E-state index >= 15 is 0 Å². The van der Waals surface area contributed by atoms with Crippen molar-refractivity contribution in [1.82, 2.24) is 0 Å². The zero-order valence-electron chi connectivity index (χ0n) is 11.1. The van der Waals surface area contributed by atoms with E-state index < -0.39 is 11.7 Å². The lowest BCUT2D eigenvalue weighted by molar-refractivity contribution is -0.136. The van der Waals surface area contributed by atoms with Crippen molar-refractivity contribution >= 4 is 11.4 Å². The number of nitrogen functional groups attached to an aromatic ring is 2. The molecule has 0 radical (unpaired) electrons. The van der Waals surface area contributed by atoms with E-state index in [1.165, 1.54) is 38.2 Å². The van der Waals surface area contributed by atoms with E-state index in [1.807, 2.05) is 0 Å². The van der Waals surface area contributed by atoms with E-state index in [4.69, 9.17) is 11.5 Å².